The zero-order chi connectivity index (χ0) is 23.2. The Labute approximate surface area is 195 Å². The number of aryl methyl sites for hydroxylation is 3. The molecular weight excluding hydrogens is 412 g/mol. The molecule has 33 heavy (non-hydrogen) atoms. The number of piperidine rings is 1. The number of pyridine rings is 1. The van der Waals surface area contributed by atoms with Gasteiger partial charge in [-0.05, 0) is 51.8 Å². The van der Waals surface area contributed by atoms with Crippen LogP contribution in [-0.4, -0.2) is 36.2 Å². The summed E-state index contributed by atoms with van der Waals surface area (Å²) < 4.78 is 2.09. The van der Waals surface area contributed by atoms with Crippen LogP contribution >= 0.6 is 0 Å². The lowest BCUT2D eigenvalue weighted by molar-refractivity contribution is 0.137. The van der Waals surface area contributed by atoms with Gasteiger partial charge in [0, 0.05) is 30.9 Å². The van der Waals surface area contributed by atoms with Crippen molar-refractivity contribution in [1.29, 1.82) is 5.26 Å². The Morgan fingerprint density at radius 1 is 1.21 bits per heavy atom. The van der Waals surface area contributed by atoms with Crippen molar-refractivity contribution in [3.8, 4) is 6.07 Å². The summed E-state index contributed by atoms with van der Waals surface area (Å²) in [4.78, 5) is 16.1. The first-order valence-electron chi connectivity index (χ1n) is 11.8. The number of unbranched alkanes of at least 4 members (excludes halogenated alkanes) is 1. The van der Waals surface area contributed by atoms with Gasteiger partial charge in [0.05, 0.1) is 29.3 Å². The van der Waals surface area contributed by atoms with Crippen LogP contribution in [-0.2, 0) is 13.1 Å². The number of nitrogens with zero attached hydrogens (tertiary/aromatic N) is 7. The summed E-state index contributed by atoms with van der Waals surface area (Å²) in [6.07, 6.45) is 9.67. The first-order chi connectivity index (χ1) is 16.1. The largest absolute Gasteiger partial charge is 0.339 e. The maximum atomic E-state index is 8.96. The van der Waals surface area contributed by atoms with E-state index in [2.05, 4.69) is 44.9 Å². The van der Waals surface area contributed by atoms with E-state index in [1.165, 1.54) is 24.8 Å². The van der Waals surface area contributed by atoms with Crippen LogP contribution in [0.5, 0.6) is 0 Å². The topological polar surface area (TPSA) is 95.5 Å². The molecule has 1 atom stereocenters. The highest BCUT2D eigenvalue weighted by molar-refractivity contribution is 5.55. The van der Waals surface area contributed by atoms with Gasteiger partial charge in [0.1, 0.15) is 23.4 Å². The van der Waals surface area contributed by atoms with Crippen LogP contribution in [0.3, 0.4) is 0 Å². The minimum atomic E-state index is 0.249. The third kappa shape index (κ3) is 5.74. The van der Waals surface area contributed by atoms with Gasteiger partial charge in [-0.15, -0.1) is 0 Å². The average molecular weight is 445 g/mol. The van der Waals surface area contributed by atoms with E-state index >= 15 is 0 Å². The summed E-state index contributed by atoms with van der Waals surface area (Å²) in [6.45, 7) is 9.16. The van der Waals surface area contributed by atoms with Gasteiger partial charge in [0.15, 0.2) is 0 Å². The minimum Gasteiger partial charge on any atom is -0.339 e. The molecule has 0 aromatic carbocycles. The molecule has 1 fully saturated rings. The molecule has 4 heterocycles. The molecule has 1 saturated heterocycles. The fourth-order valence-electron chi connectivity index (χ4n) is 4.39. The standard InChI is InChI=1S/C25H32N8/c1-4-5-12-33-17-20(18(2)31-33)16-32-11-7-6-8-24(32)23-13-25(29-19(3)28-23)30-22-10-9-21(14-26)27-15-22/h9-10,13,15,17,24H,4-8,11-12,16H2,1-3H3,(H,28,29,30). The number of aromatic nitrogens is 5. The van der Waals surface area contributed by atoms with Crippen molar-refractivity contribution in [1.82, 2.24) is 29.6 Å². The van der Waals surface area contributed by atoms with E-state index in [0.717, 1.165) is 61.2 Å². The molecule has 1 aliphatic heterocycles. The Morgan fingerprint density at radius 2 is 2.09 bits per heavy atom. The number of rotatable bonds is 8. The predicted molar refractivity (Wildman–Crippen MR) is 128 cm³/mol. The molecule has 1 unspecified atom stereocenters. The van der Waals surface area contributed by atoms with Gasteiger partial charge in [0.25, 0.3) is 0 Å². The van der Waals surface area contributed by atoms with E-state index in [0.29, 0.717) is 5.69 Å². The van der Waals surface area contributed by atoms with Gasteiger partial charge in [-0.1, -0.05) is 19.8 Å². The van der Waals surface area contributed by atoms with Crippen LogP contribution in [0.1, 0.15) is 73.5 Å². The van der Waals surface area contributed by atoms with Crippen LogP contribution in [0.4, 0.5) is 11.5 Å². The summed E-state index contributed by atoms with van der Waals surface area (Å²) in [5.74, 6) is 1.49. The highest BCUT2D eigenvalue weighted by Crippen LogP contribution is 2.32. The van der Waals surface area contributed by atoms with E-state index in [-0.39, 0.29) is 6.04 Å². The molecule has 0 aliphatic carbocycles. The zero-order valence-corrected chi connectivity index (χ0v) is 19.8. The fraction of sp³-hybridized carbons (Fsp3) is 0.480. The van der Waals surface area contributed by atoms with E-state index in [9.17, 15) is 0 Å². The molecule has 0 amide bonds. The van der Waals surface area contributed by atoms with E-state index in [1.807, 2.05) is 25.1 Å². The molecule has 4 rings (SSSR count). The Morgan fingerprint density at radius 3 is 2.85 bits per heavy atom. The highest BCUT2D eigenvalue weighted by atomic mass is 15.3. The van der Waals surface area contributed by atoms with Gasteiger partial charge >= 0.3 is 0 Å². The Hall–Kier alpha value is -3.31. The maximum Gasteiger partial charge on any atom is 0.140 e. The van der Waals surface area contributed by atoms with E-state index < -0.39 is 0 Å². The summed E-state index contributed by atoms with van der Waals surface area (Å²) in [6, 6.07) is 7.88. The first kappa shape index (κ1) is 22.9. The van der Waals surface area contributed by atoms with Gasteiger partial charge < -0.3 is 5.32 Å². The lowest BCUT2D eigenvalue weighted by atomic mass is 9.98. The van der Waals surface area contributed by atoms with Crippen molar-refractivity contribution >= 4 is 11.5 Å². The maximum absolute atomic E-state index is 8.96. The number of hydrogen-bond acceptors (Lipinski definition) is 7. The highest BCUT2D eigenvalue weighted by Gasteiger charge is 2.27. The van der Waals surface area contributed by atoms with Crippen LogP contribution in [0.25, 0.3) is 0 Å². The van der Waals surface area contributed by atoms with Crippen molar-refractivity contribution in [2.24, 2.45) is 0 Å². The summed E-state index contributed by atoms with van der Waals surface area (Å²) >= 11 is 0. The lowest BCUT2D eigenvalue weighted by Gasteiger charge is -2.35. The van der Waals surface area contributed by atoms with Crippen LogP contribution in [0, 0.1) is 25.2 Å². The molecule has 0 radical (unpaired) electrons. The molecule has 8 heteroatoms. The van der Waals surface area contributed by atoms with Crippen molar-refractivity contribution < 1.29 is 0 Å². The monoisotopic (exact) mass is 444 g/mol. The third-order valence-corrected chi connectivity index (χ3v) is 6.13. The summed E-state index contributed by atoms with van der Waals surface area (Å²) in [5.41, 5.74) is 4.65. The van der Waals surface area contributed by atoms with Gasteiger partial charge in [-0.25, -0.2) is 15.0 Å². The zero-order valence-electron chi connectivity index (χ0n) is 19.8. The van der Waals surface area contributed by atoms with Gasteiger partial charge in [-0.2, -0.15) is 10.4 Å². The molecular formula is C25H32N8. The normalized spacial score (nSPS) is 16.5. The molecule has 8 nitrogen and oxygen atoms in total. The summed E-state index contributed by atoms with van der Waals surface area (Å²) in [7, 11) is 0. The quantitative estimate of drug-likeness (QED) is 0.532. The van der Waals surface area contributed by atoms with Crippen LogP contribution in [0.15, 0.2) is 30.6 Å². The molecule has 0 bridgehead atoms. The van der Waals surface area contributed by atoms with Gasteiger partial charge in [0.2, 0.25) is 0 Å². The number of nitriles is 1. The molecule has 0 spiro atoms. The third-order valence-electron chi connectivity index (χ3n) is 6.13. The number of nitrogens with one attached hydrogen (secondary N) is 1. The predicted octanol–water partition coefficient (Wildman–Crippen LogP) is 4.83. The van der Waals surface area contributed by atoms with E-state index in [4.69, 9.17) is 15.3 Å². The number of hydrogen-bond donors (Lipinski definition) is 1. The smallest absolute Gasteiger partial charge is 0.140 e. The second kappa shape index (κ2) is 10.5. The Kier molecular flexibility index (Phi) is 7.30. The molecule has 0 saturated carbocycles. The molecule has 172 valence electrons. The number of anilines is 2. The summed E-state index contributed by atoms with van der Waals surface area (Å²) in [5, 5.41) is 17.0. The lowest BCUT2D eigenvalue weighted by Crippen LogP contribution is -2.33. The van der Waals surface area contributed by atoms with Gasteiger partial charge in [-0.3, -0.25) is 9.58 Å². The molecule has 1 aliphatic rings. The van der Waals surface area contributed by atoms with Crippen molar-refractivity contribution in [2.45, 2.75) is 72.0 Å². The SMILES string of the molecule is CCCCn1cc(CN2CCCCC2c2cc(Nc3ccc(C#N)nc3)nc(C)n2)c(C)n1. The van der Waals surface area contributed by atoms with Crippen molar-refractivity contribution in [3.05, 3.63) is 59.1 Å². The molecule has 3 aromatic heterocycles. The minimum absolute atomic E-state index is 0.249. The number of likely N-dealkylation sites (tertiary alicyclic amines) is 1. The van der Waals surface area contributed by atoms with Crippen molar-refractivity contribution in [3.63, 3.8) is 0 Å². The second-order valence-electron chi connectivity index (χ2n) is 8.73. The fourth-order valence-corrected chi connectivity index (χ4v) is 4.39. The first-order valence-corrected chi connectivity index (χ1v) is 11.8. The molecule has 3 aromatic rings. The van der Waals surface area contributed by atoms with Crippen LogP contribution < -0.4 is 5.32 Å². The Bertz CT molecular complexity index is 1110. The second-order valence-corrected chi connectivity index (χ2v) is 8.73. The Balaban J connectivity index is 1.53. The van der Waals surface area contributed by atoms with E-state index in [1.54, 1.807) is 12.3 Å². The van der Waals surface area contributed by atoms with Crippen molar-refractivity contribution in [2.75, 3.05) is 11.9 Å². The van der Waals surface area contributed by atoms with Crippen LogP contribution in [0.2, 0.25) is 0 Å². The average Bonchev–Trinajstić information content (AvgIpc) is 3.17. The molecule has 1 N–H and O–H groups in total.